The average molecular weight is 296 g/mol. The first-order valence-electron chi connectivity index (χ1n) is 6.66. The molecule has 2 N–H and O–H groups in total. The molecule has 0 aliphatic heterocycles. The van der Waals surface area contributed by atoms with Crippen molar-refractivity contribution in [2.45, 2.75) is 39.7 Å². The number of nitrogens with two attached hydrogens (primary N) is 1. The number of imidazole rings is 1. The summed E-state index contributed by atoms with van der Waals surface area (Å²) in [5, 5.41) is 0.464. The number of hydrogen-bond donors (Lipinski definition) is 1. The van der Waals surface area contributed by atoms with Crippen LogP contribution in [0.5, 0.6) is 0 Å². The normalized spacial score (nSPS) is 11.6. The summed E-state index contributed by atoms with van der Waals surface area (Å²) in [5.41, 5.74) is 6.99. The van der Waals surface area contributed by atoms with Gasteiger partial charge in [-0.15, -0.1) is 0 Å². The van der Waals surface area contributed by atoms with E-state index in [4.69, 9.17) is 17.3 Å². The summed E-state index contributed by atoms with van der Waals surface area (Å²) in [7, 11) is 0. The van der Waals surface area contributed by atoms with Gasteiger partial charge in [-0.05, 0) is 32.0 Å². The average Bonchev–Trinajstić information content (AvgIpc) is 2.70. The minimum Gasteiger partial charge on any atom is -0.383 e. The third-order valence-corrected chi connectivity index (χ3v) is 3.43. The van der Waals surface area contributed by atoms with Crippen LogP contribution in [0, 0.1) is 5.82 Å². The Morgan fingerprint density at radius 2 is 1.90 bits per heavy atom. The van der Waals surface area contributed by atoms with Crippen molar-refractivity contribution in [2.24, 2.45) is 0 Å². The van der Waals surface area contributed by atoms with Crippen molar-refractivity contribution < 1.29 is 4.39 Å². The smallest absolute Gasteiger partial charge is 0.132 e. The minimum absolute atomic E-state index is 0.163. The van der Waals surface area contributed by atoms with E-state index in [1.54, 1.807) is 6.07 Å². The Hall–Kier alpha value is -1.55. The summed E-state index contributed by atoms with van der Waals surface area (Å²) in [6, 6.07) is 4.57. The minimum atomic E-state index is -0.371. The number of anilines is 1. The first-order valence-corrected chi connectivity index (χ1v) is 7.03. The quantitative estimate of drug-likeness (QED) is 0.897. The monoisotopic (exact) mass is 295 g/mol. The molecule has 0 unspecified atom stereocenters. The van der Waals surface area contributed by atoms with Gasteiger partial charge >= 0.3 is 0 Å². The van der Waals surface area contributed by atoms with E-state index in [1.165, 1.54) is 12.1 Å². The number of benzene rings is 1. The second-order valence-electron chi connectivity index (χ2n) is 5.45. The van der Waals surface area contributed by atoms with Crippen molar-refractivity contribution in [3.8, 4) is 11.3 Å². The van der Waals surface area contributed by atoms with E-state index in [2.05, 4.69) is 4.98 Å². The highest BCUT2D eigenvalue weighted by Gasteiger charge is 2.21. The van der Waals surface area contributed by atoms with Crippen molar-refractivity contribution >= 4 is 17.4 Å². The molecule has 3 nitrogen and oxygen atoms in total. The summed E-state index contributed by atoms with van der Waals surface area (Å²) in [6.45, 7) is 8.14. The highest BCUT2D eigenvalue weighted by Crippen LogP contribution is 2.34. The topological polar surface area (TPSA) is 43.8 Å². The molecule has 108 valence electrons. The molecule has 1 heterocycles. The van der Waals surface area contributed by atoms with Gasteiger partial charge in [-0.25, -0.2) is 9.37 Å². The Morgan fingerprint density at radius 3 is 2.40 bits per heavy atom. The maximum absolute atomic E-state index is 14.0. The molecule has 0 saturated carbocycles. The fourth-order valence-electron chi connectivity index (χ4n) is 2.29. The van der Waals surface area contributed by atoms with E-state index in [1.807, 2.05) is 32.3 Å². The highest BCUT2D eigenvalue weighted by atomic mass is 35.5. The van der Waals surface area contributed by atoms with Gasteiger partial charge in [-0.1, -0.05) is 25.4 Å². The molecule has 0 aliphatic carbocycles. The second-order valence-corrected chi connectivity index (χ2v) is 5.88. The summed E-state index contributed by atoms with van der Waals surface area (Å²) >= 11 is 5.95. The molecule has 0 spiro atoms. The van der Waals surface area contributed by atoms with E-state index >= 15 is 0 Å². The molecule has 0 atom stereocenters. The molecule has 5 heteroatoms. The third kappa shape index (κ3) is 2.52. The fraction of sp³-hybridized carbons (Fsp3) is 0.400. The van der Waals surface area contributed by atoms with E-state index < -0.39 is 0 Å². The predicted octanol–water partition coefficient (Wildman–Crippen LogP) is 4.63. The standard InChI is InChI=1S/C15H19ClFN3/c1-8(2)15-19-13(14(18)20(15)9(3)4)11-7-10(16)5-6-12(11)17/h5-9H,18H2,1-4H3. The zero-order valence-corrected chi connectivity index (χ0v) is 12.9. The van der Waals surface area contributed by atoms with Gasteiger partial charge in [0.2, 0.25) is 0 Å². The van der Waals surface area contributed by atoms with Crippen LogP contribution in [0.3, 0.4) is 0 Å². The number of halogens is 2. The van der Waals surface area contributed by atoms with Gasteiger partial charge in [0, 0.05) is 22.5 Å². The SMILES string of the molecule is CC(C)c1nc(-c2cc(Cl)ccc2F)c(N)n1C(C)C. The van der Waals surface area contributed by atoms with Gasteiger partial charge in [0.1, 0.15) is 23.2 Å². The number of aromatic nitrogens is 2. The van der Waals surface area contributed by atoms with Gasteiger partial charge in [-0.2, -0.15) is 0 Å². The van der Waals surface area contributed by atoms with Gasteiger partial charge < -0.3 is 10.3 Å². The molecule has 2 aromatic rings. The molecule has 0 radical (unpaired) electrons. The van der Waals surface area contributed by atoms with Crippen LogP contribution in [0.1, 0.15) is 45.5 Å². The van der Waals surface area contributed by atoms with Gasteiger partial charge in [0.15, 0.2) is 0 Å². The lowest BCUT2D eigenvalue weighted by molar-refractivity contribution is 0.556. The van der Waals surface area contributed by atoms with Gasteiger partial charge in [0.05, 0.1) is 0 Å². The van der Waals surface area contributed by atoms with Crippen molar-refractivity contribution in [1.29, 1.82) is 0 Å². The highest BCUT2D eigenvalue weighted by molar-refractivity contribution is 6.30. The van der Waals surface area contributed by atoms with Crippen LogP contribution in [0.4, 0.5) is 10.2 Å². The lowest BCUT2D eigenvalue weighted by Crippen LogP contribution is -2.10. The van der Waals surface area contributed by atoms with Crippen LogP contribution >= 0.6 is 11.6 Å². The van der Waals surface area contributed by atoms with Crippen molar-refractivity contribution in [3.05, 3.63) is 34.9 Å². The fourth-order valence-corrected chi connectivity index (χ4v) is 2.46. The van der Waals surface area contributed by atoms with Crippen LogP contribution in [0.25, 0.3) is 11.3 Å². The second kappa shape index (κ2) is 5.44. The number of nitrogens with zero attached hydrogens (tertiary/aromatic N) is 2. The number of nitrogen functional groups attached to an aromatic ring is 1. The van der Waals surface area contributed by atoms with Crippen molar-refractivity contribution in [2.75, 3.05) is 5.73 Å². The maximum Gasteiger partial charge on any atom is 0.132 e. The van der Waals surface area contributed by atoms with E-state index in [-0.39, 0.29) is 17.8 Å². The Morgan fingerprint density at radius 1 is 1.25 bits per heavy atom. The lowest BCUT2D eigenvalue weighted by Gasteiger charge is -2.15. The van der Waals surface area contributed by atoms with Crippen LogP contribution < -0.4 is 5.73 Å². The summed E-state index contributed by atoms with van der Waals surface area (Å²) < 4.78 is 16.0. The molecular formula is C15H19ClFN3. The number of rotatable bonds is 3. The van der Waals surface area contributed by atoms with Crippen LogP contribution in [0.2, 0.25) is 5.02 Å². The largest absolute Gasteiger partial charge is 0.383 e. The van der Waals surface area contributed by atoms with E-state index in [9.17, 15) is 4.39 Å². The van der Waals surface area contributed by atoms with E-state index in [0.29, 0.717) is 22.1 Å². The molecule has 2 rings (SSSR count). The Labute approximate surface area is 123 Å². The van der Waals surface area contributed by atoms with Crippen LogP contribution in [-0.2, 0) is 0 Å². The molecule has 0 amide bonds. The van der Waals surface area contributed by atoms with Gasteiger partial charge in [-0.3, -0.25) is 0 Å². The molecular weight excluding hydrogens is 277 g/mol. The molecule has 0 bridgehead atoms. The van der Waals surface area contributed by atoms with Crippen LogP contribution in [-0.4, -0.2) is 9.55 Å². The summed E-state index contributed by atoms with van der Waals surface area (Å²) in [4.78, 5) is 4.54. The third-order valence-electron chi connectivity index (χ3n) is 3.19. The van der Waals surface area contributed by atoms with Gasteiger partial charge in [0.25, 0.3) is 0 Å². The van der Waals surface area contributed by atoms with Crippen molar-refractivity contribution in [1.82, 2.24) is 9.55 Å². The van der Waals surface area contributed by atoms with Crippen molar-refractivity contribution in [3.63, 3.8) is 0 Å². The molecule has 1 aromatic heterocycles. The van der Waals surface area contributed by atoms with E-state index in [0.717, 1.165) is 5.82 Å². The number of hydrogen-bond acceptors (Lipinski definition) is 2. The molecule has 0 aliphatic rings. The molecule has 0 saturated heterocycles. The summed E-state index contributed by atoms with van der Waals surface area (Å²) in [6.07, 6.45) is 0. The zero-order chi connectivity index (χ0) is 15.0. The lowest BCUT2D eigenvalue weighted by atomic mass is 10.1. The first kappa shape index (κ1) is 14.9. The zero-order valence-electron chi connectivity index (χ0n) is 12.1. The Bertz CT molecular complexity index is 632. The molecule has 1 aromatic carbocycles. The molecule has 20 heavy (non-hydrogen) atoms. The predicted molar refractivity (Wildman–Crippen MR) is 81.5 cm³/mol. The summed E-state index contributed by atoms with van der Waals surface area (Å²) in [5.74, 6) is 1.16. The Balaban J connectivity index is 2.69. The molecule has 0 fully saturated rings. The maximum atomic E-state index is 14.0. The first-order chi connectivity index (χ1) is 9.32. The van der Waals surface area contributed by atoms with Crippen LogP contribution in [0.15, 0.2) is 18.2 Å². The Kier molecular flexibility index (Phi) is 4.04.